The molecule has 7 heteroatoms. The molecule has 1 atom stereocenters. The van der Waals surface area contributed by atoms with Gasteiger partial charge in [0, 0.05) is 11.3 Å². The van der Waals surface area contributed by atoms with E-state index in [1.54, 1.807) is 11.3 Å². The molecule has 3 heterocycles. The van der Waals surface area contributed by atoms with Crippen molar-refractivity contribution < 1.29 is 14.3 Å². The minimum absolute atomic E-state index is 0.185. The summed E-state index contributed by atoms with van der Waals surface area (Å²) in [6, 6.07) is 7.63. The third-order valence-corrected chi connectivity index (χ3v) is 4.90. The van der Waals surface area contributed by atoms with Crippen molar-refractivity contribution in [2.75, 3.05) is 6.61 Å². The van der Waals surface area contributed by atoms with E-state index in [0.29, 0.717) is 6.61 Å². The molecule has 118 valence electrons. The fraction of sp³-hybridized carbons (Fsp3) is 0.312. The molecule has 0 amide bonds. The fourth-order valence-corrected chi connectivity index (χ4v) is 3.66. The first-order valence-corrected chi connectivity index (χ1v) is 8.30. The maximum absolute atomic E-state index is 12.1. The largest absolute Gasteiger partial charge is 0.461 e. The number of nitrogens with one attached hydrogen (secondary N) is 1. The lowest BCUT2D eigenvalue weighted by atomic mass is 10.0. The van der Waals surface area contributed by atoms with Gasteiger partial charge in [-0.1, -0.05) is 6.07 Å². The molecule has 0 radical (unpaired) electrons. The van der Waals surface area contributed by atoms with Gasteiger partial charge < -0.3 is 9.47 Å². The van der Waals surface area contributed by atoms with Crippen LogP contribution in [0.25, 0.3) is 11.0 Å². The Bertz CT molecular complexity index is 842. The molecule has 4 rings (SSSR count). The summed E-state index contributed by atoms with van der Waals surface area (Å²) < 4.78 is 11.1. The van der Waals surface area contributed by atoms with E-state index in [9.17, 15) is 4.79 Å². The highest BCUT2D eigenvalue weighted by Gasteiger charge is 2.25. The second-order valence-electron chi connectivity index (χ2n) is 5.42. The van der Waals surface area contributed by atoms with Gasteiger partial charge in [-0.2, -0.15) is 15.4 Å². The molecule has 6 nitrogen and oxygen atoms in total. The number of esters is 1. The smallest absolute Gasteiger partial charge is 0.309 e. The quantitative estimate of drug-likeness (QED) is 0.745. The van der Waals surface area contributed by atoms with E-state index in [4.69, 9.17) is 9.47 Å². The van der Waals surface area contributed by atoms with Gasteiger partial charge in [0.15, 0.2) is 0 Å². The molecule has 23 heavy (non-hydrogen) atoms. The third-order valence-electron chi connectivity index (χ3n) is 3.91. The van der Waals surface area contributed by atoms with E-state index in [2.05, 4.69) is 15.4 Å². The van der Waals surface area contributed by atoms with Crippen LogP contribution in [0.3, 0.4) is 0 Å². The zero-order chi connectivity index (χ0) is 15.6. The summed E-state index contributed by atoms with van der Waals surface area (Å²) in [5.41, 5.74) is 3.57. The second-order valence-corrected chi connectivity index (χ2v) is 6.42. The Balaban J connectivity index is 1.37. The molecule has 1 aliphatic heterocycles. The van der Waals surface area contributed by atoms with E-state index in [1.165, 1.54) is 4.88 Å². The Morgan fingerprint density at radius 1 is 1.35 bits per heavy atom. The highest BCUT2D eigenvalue weighted by molar-refractivity contribution is 7.10. The van der Waals surface area contributed by atoms with Crippen LogP contribution in [0.15, 0.2) is 29.6 Å². The number of H-pyrrole nitrogens is 1. The van der Waals surface area contributed by atoms with Gasteiger partial charge in [-0.05, 0) is 34.7 Å². The molecule has 0 saturated heterocycles. The van der Waals surface area contributed by atoms with Crippen LogP contribution >= 0.6 is 11.3 Å². The molecule has 0 bridgehead atoms. The van der Waals surface area contributed by atoms with E-state index >= 15 is 0 Å². The SMILES string of the molecule is O=C(CC1OCCc2sccc21)OCc1ccc2n[nH]nc2c1. The number of aromatic amines is 1. The predicted molar refractivity (Wildman–Crippen MR) is 85.0 cm³/mol. The summed E-state index contributed by atoms with van der Waals surface area (Å²) in [7, 11) is 0. The van der Waals surface area contributed by atoms with Gasteiger partial charge >= 0.3 is 5.97 Å². The average Bonchev–Trinajstić information content (AvgIpc) is 3.21. The van der Waals surface area contributed by atoms with Crippen molar-refractivity contribution in [1.29, 1.82) is 0 Å². The molecule has 0 spiro atoms. The lowest BCUT2D eigenvalue weighted by Gasteiger charge is -2.22. The summed E-state index contributed by atoms with van der Waals surface area (Å²) in [6.07, 6.45) is 0.988. The minimum Gasteiger partial charge on any atom is -0.461 e. The fourth-order valence-electron chi connectivity index (χ4n) is 2.74. The van der Waals surface area contributed by atoms with E-state index < -0.39 is 0 Å². The molecule has 3 aromatic rings. The van der Waals surface area contributed by atoms with Gasteiger partial charge in [-0.25, -0.2) is 0 Å². The molecule has 2 aromatic heterocycles. The Kier molecular flexibility index (Phi) is 3.80. The highest BCUT2D eigenvalue weighted by Crippen LogP contribution is 2.33. The van der Waals surface area contributed by atoms with Gasteiger partial charge in [0.05, 0.1) is 19.1 Å². The average molecular weight is 329 g/mol. The molecular formula is C16H15N3O3S. The Labute approximate surface area is 136 Å². The van der Waals surface area contributed by atoms with Crippen molar-refractivity contribution in [3.05, 3.63) is 45.6 Å². The molecule has 1 N–H and O–H groups in total. The van der Waals surface area contributed by atoms with Gasteiger partial charge in [0.1, 0.15) is 17.6 Å². The monoisotopic (exact) mass is 329 g/mol. The number of aromatic nitrogens is 3. The normalized spacial score (nSPS) is 17.1. The molecule has 1 unspecified atom stereocenters. The van der Waals surface area contributed by atoms with Crippen LogP contribution < -0.4 is 0 Å². The first-order valence-electron chi connectivity index (χ1n) is 7.42. The van der Waals surface area contributed by atoms with Crippen LogP contribution in [-0.2, 0) is 27.3 Å². The van der Waals surface area contributed by atoms with Crippen molar-refractivity contribution in [3.63, 3.8) is 0 Å². The third kappa shape index (κ3) is 2.97. The first kappa shape index (κ1) is 14.3. The number of carbonyl (C=O) groups excluding carboxylic acids is 1. The number of hydrogen-bond donors (Lipinski definition) is 1. The highest BCUT2D eigenvalue weighted by atomic mass is 32.1. The van der Waals surface area contributed by atoms with Gasteiger partial charge in [0.2, 0.25) is 0 Å². The Morgan fingerprint density at radius 2 is 2.26 bits per heavy atom. The molecule has 0 fully saturated rings. The van der Waals surface area contributed by atoms with Crippen LogP contribution in [0.1, 0.15) is 28.5 Å². The van der Waals surface area contributed by atoms with E-state index in [0.717, 1.165) is 28.6 Å². The molecule has 1 aromatic carbocycles. The number of rotatable bonds is 4. The van der Waals surface area contributed by atoms with Crippen LogP contribution in [0.5, 0.6) is 0 Å². The summed E-state index contributed by atoms with van der Waals surface area (Å²) in [5.74, 6) is -0.255. The van der Waals surface area contributed by atoms with Crippen molar-refractivity contribution >= 4 is 28.3 Å². The first-order chi connectivity index (χ1) is 11.3. The summed E-state index contributed by atoms with van der Waals surface area (Å²) >= 11 is 1.72. The number of thiophene rings is 1. The number of carbonyl (C=O) groups is 1. The zero-order valence-corrected chi connectivity index (χ0v) is 13.1. The molecule has 0 saturated carbocycles. The summed E-state index contributed by atoms with van der Waals surface area (Å²) in [6.45, 7) is 0.888. The number of nitrogens with zero attached hydrogens (tertiary/aromatic N) is 2. The van der Waals surface area contributed by atoms with Gasteiger partial charge in [-0.3, -0.25) is 4.79 Å². The number of fused-ring (bicyclic) bond motifs is 2. The predicted octanol–water partition coefficient (Wildman–Crippen LogP) is 2.77. The Morgan fingerprint density at radius 3 is 3.22 bits per heavy atom. The van der Waals surface area contributed by atoms with Crippen molar-refractivity contribution in [2.24, 2.45) is 0 Å². The van der Waals surface area contributed by atoms with Crippen molar-refractivity contribution in [3.8, 4) is 0 Å². The lowest BCUT2D eigenvalue weighted by molar-refractivity contribution is -0.148. The van der Waals surface area contributed by atoms with Crippen LogP contribution in [0.2, 0.25) is 0 Å². The molecule has 0 aliphatic carbocycles. The number of benzene rings is 1. The van der Waals surface area contributed by atoms with E-state index in [1.807, 2.05) is 29.6 Å². The van der Waals surface area contributed by atoms with Crippen LogP contribution in [0.4, 0.5) is 0 Å². The summed E-state index contributed by atoms with van der Waals surface area (Å²) in [4.78, 5) is 13.4. The van der Waals surface area contributed by atoms with Gasteiger partial charge in [-0.15, -0.1) is 11.3 Å². The van der Waals surface area contributed by atoms with Crippen LogP contribution in [0, 0.1) is 0 Å². The second kappa shape index (κ2) is 6.10. The van der Waals surface area contributed by atoms with Crippen LogP contribution in [-0.4, -0.2) is 28.0 Å². The van der Waals surface area contributed by atoms with Crippen molar-refractivity contribution in [1.82, 2.24) is 15.4 Å². The topological polar surface area (TPSA) is 77.1 Å². The zero-order valence-electron chi connectivity index (χ0n) is 12.3. The van der Waals surface area contributed by atoms with Gasteiger partial charge in [0.25, 0.3) is 0 Å². The lowest BCUT2D eigenvalue weighted by Crippen LogP contribution is -2.18. The standard InChI is InChI=1S/C16H15N3O3S/c20-16(8-14-11-4-6-23-15(11)3-5-21-14)22-9-10-1-2-12-13(7-10)18-19-17-12/h1-2,4,6-7,14H,3,5,8-9H2,(H,17,18,19). The number of ether oxygens (including phenoxy) is 2. The Hall–Kier alpha value is -2.25. The van der Waals surface area contributed by atoms with E-state index in [-0.39, 0.29) is 25.1 Å². The molecule has 1 aliphatic rings. The maximum Gasteiger partial charge on any atom is 0.309 e. The van der Waals surface area contributed by atoms with Crippen molar-refractivity contribution in [2.45, 2.75) is 25.6 Å². The summed E-state index contributed by atoms with van der Waals surface area (Å²) in [5, 5.41) is 12.6. The maximum atomic E-state index is 12.1. The minimum atomic E-state index is -0.255. The molecular weight excluding hydrogens is 314 g/mol. The number of hydrogen-bond acceptors (Lipinski definition) is 6.